The van der Waals surface area contributed by atoms with Crippen molar-refractivity contribution in [1.82, 2.24) is 69.6 Å². The van der Waals surface area contributed by atoms with E-state index in [1.165, 1.54) is 56.8 Å². The van der Waals surface area contributed by atoms with Crippen LogP contribution >= 0.6 is 0 Å². The van der Waals surface area contributed by atoms with Gasteiger partial charge >= 0.3 is 65.4 Å². The van der Waals surface area contributed by atoms with Gasteiger partial charge in [-0.05, 0) is 154 Å². The number of hydrogen-bond acceptors (Lipinski definition) is 35. The number of nitrogens with zero attached hydrogens (tertiary/aromatic N) is 10. The van der Waals surface area contributed by atoms with Gasteiger partial charge in [-0.25, -0.2) is 0 Å². The van der Waals surface area contributed by atoms with E-state index in [-0.39, 0.29) is 127 Å². The number of carboxylic acids is 5. The normalized spacial score (nSPS) is 30.3. The Balaban J connectivity index is 0.000000247. The van der Waals surface area contributed by atoms with Crippen LogP contribution in [0.1, 0.15) is 116 Å². The van der Waals surface area contributed by atoms with Gasteiger partial charge in [-0.1, -0.05) is 32.1 Å². The van der Waals surface area contributed by atoms with Crippen LogP contribution in [0.25, 0.3) is 0 Å². The molecule has 1 unspecified atom stereocenters. The fourth-order valence-electron chi connectivity index (χ4n) is 18.2. The summed E-state index contributed by atoms with van der Waals surface area (Å²) >= 11 is 0. The molecule has 14 atom stereocenters. The summed E-state index contributed by atoms with van der Waals surface area (Å²) in [5.74, 6) is -9.17. The SMILES string of the molecule is CN(C1CCCNC1)S(=O)(=O)N1C[C@H](CCCB(O)O)[C@](N)(C(=O)O)C1.CN(C1CCNCC1)S(=O)(=O)N1C[C@H](CCCB(O)O)[C@](N)(C(=O)O)C1.CN([C@@H]1CCCNC1)S(=O)(=O)N1C[C@H](CCCB(O)O)[C@](N)(C(=O)O)C1.CN([C@@H]1CCNC1)S(=O)(=O)N1C[C@H](CCCB(O)O)[C@](N)(C(=O)O)C1.CN([C@H]1CCNC1)S(=O)(=O)N1C[C@H](CCCB(O)O)[C@](N)(C(=O)O)C1. The van der Waals surface area contributed by atoms with Crippen LogP contribution in [0.3, 0.4) is 0 Å². The largest absolute Gasteiger partial charge is 0.480 e. The lowest BCUT2D eigenvalue weighted by Crippen LogP contribution is -2.56. The smallest absolute Gasteiger partial charge is 0.451 e. The number of carboxylic acid groups (broad SMARTS) is 5. The summed E-state index contributed by atoms with van der Waals surface area (Å²) in [6.45, 7) is 5.56. The van der Waals surface area contributed by atoms with Gasteiger partial charge in [0, 0.05) is 187 Å². The second-order valence-corrected chi connectivity index (χ2v) is 45.6. The third-order valence-corrected chi connectivity index (χ3v) is 36.7. The maximum Gasteiger partial charge on any atom is 0.451 e. The van der Waals surface area contributed by atoms with Gasteiger partial charge in [0.15, 0.2) is 0 Å². The van der Waals surface area contributed by atoms with Crippen molar-refractivity contribution in [2.45, 2.75) is 205 Å². The maximum absolute atomic E-state index is 13.0. The summed E-state index contributed by atoms with van der Waals surface area (Å²) in [4.78, 5) is 58.4. The molecular weight excluding hydrogens is 1790 g/mol. The van der Waals surface area contributed by atoms with Crippen molar-refractivity contribution >= 4 is 116 Å². The Labute approximate surface area is 753 Å². The first kappa shape index (κ1) is 113. The van der Waals surface area contributed by atoms with Crippen LogP contribution in [0, 0.1) is 29.6 Å². The first-order valence-corrected chi connectivity index (χ1v) is 50.5. The molecule has 60 heteroatoms. The molecule has 0 amide bonds. The molecule has 0 aromatic rings. The summed E-state index contributed by atoms with van der Waals surface area (Å²) in [6, 6.07) is -0.790. The van der Waals surface area contributed by atoms with Gasteiger partial charge in [0.25, 0.3) is 51.0 Å². The molecule has 0 aromatic heterocycles. The lowest BCUT2D eigenvalue weighted by molar-refractivity contribution is -0.145. The number of nitrogens with two attached hydrogens (primary N) is 5. The molecule has 30 N–H and O–H groups in total. The van der Waals surface area contributed by atoms with Crippen molar-refractivity contribution in [2.75, 3.05) is 166 Å². The van der Waals surface area contributed by atoms with Gasteiger partial charge in [-0.2, -0.15) is 85.1 Å². The van der Waals surface area contributed by atoms with Crippen LogP contribution in [0.4, 0.5) is 0 Å². The second kappa shape index (κ2) is 48.8. The van der Waals surface area contributed by atoms with Crippen LogP contribution < -0.4 is 55.3 Å². The van der Waals surface area contributed by atoms with Gasteiger partial charge in [-0.3, -0.25) is 24.0 Å². The molecule has 738 valence electrons. The molecule has 0 bridgehead atoms. The van der Waals surface area contributed by atoms with Crippen LogP contribution in [0.15, 0.2) is 0 Å². The van der Waals surface area contributed by atoms with E-state index in [1.807, 2.05) is 0 Å². The molecule has 10 aliphatic rings. The zero-order chi connectivity index (χ0) is 96.3. The lowest BCUT2D eigenvalue weighted by Gasteiger charge is -2.33. The molecule has 0 aromatic carbocycles. The summed E-state index contributed by atoms with van der Waals surface area (Å²) in [5.41, 5.74) is 21.9. The van der Waals surface area contributed by atoms with Crippen molar-refractivity contribution in [3.63, 3.8) is 0 Å². The van der Waals surface area contributed by atoms with Crippen molar-refractivity contribution in [3.05, 3.63) is 0 Å². The Kier molecular flexibility index (Phi) is 43.1. The highest BCUT2D eigenvalue weighted by Gasteiger charge is 2.59. The minimum atomic E-state index is -3.83. The molecule has 128 heavy (non-hydrogen) atoms. The highest BCUT2D eigenvalue weighted by atomic mass is 32.2. The molecule has 0 aliphatic carbocycles. The van der Waals surface area contributed by atoms with E-state index in [0.29, 0.717) is 116 Å². The first-order valence-electron chi connectivity index (χ1n) is 43.5. The average Bonchev–Trinajstić information content (AvgIpc) is 1.61. The minimum Gasteiger partial charge on any atom is -0.480 e. The van der Waals surface area contributed by atoms with Gasteiger partial charge in [0.1, 0.15) is 27.7 Å². The van der Waals surface area contributed by atoms with Gasteiger partial charge < -0.3 is 131 Å². The Hall–Kier alpha value is -3.78. The number of piperidine rings is 3. The van der Waals surface area contributed by atoms with Crippen molar-refractivity contribution in [3.8, 4) is 0 Å². The van der Waals surface area contributed by atoms with Crippen LogP contribution in [0.5, 0.6) is 0 Å². The predicted octanol–water partition coefficient (Wildman–Crippen LogP) is -11.4. The number of carbonyl (C=O) groups is 5. The van der Waals surface area contributed by atoms with Gasteiger partial charge in [-0.15, -0.1) is 0 Å². The zero-order valence-electron chi connectivity index (χ0n) is 73.8. The summed E-state index contributed by atoms with van der Waals surface area (Å²) in [5, 5.41) is 153. The highest BCUT2D eigenvalue weighted by molar-refractivity contribution is 7.87. The zero-order valence-corrected chi connectivity index (χ0v) is 77.9. The third-order valence-electron chi connectivity index (χ3n) is 27.0. The Morgan fingerprint density at radius 3 is 0.641 bits per heavy atom. The standard InChI is InChI=1S/3C14H29BN4O6S.2C13H27BN4O6S/c2*1-18(12-5-3-7-17-8-12)26(24,25)19-9-11(4-2-6-15(22)23)14(16,10-19)13(20)21;1-18(12-4-7-17-8-5-12)26(24,25)19-9-11(3-2-6-15(22)23)14(16,10-19)13(20)21;2*1-17(11-4-6-16-7-11)25(23,24)18-8-10(3-2-5-14(21)22)13(15,9-18)12(19)20/h3*11-12,17,22-23H,2-10,16H2,1H3,(H,20,21);2*10-11,16,21-22H,2-9,15H2,1H3,(H,19,20)/t11-,12?,14-;11-,12+,14-;11-,14-;10-,11+,13-;10-,11-,13-/m00000/s1. The van der Waals surface area contributed by atoms with E-state index in [1.54, 1.807) is 0 Å². The number of hydrogen-bond donors (Lipinski definition) is 25. The molecular formula is C68H141B5N20O30S5. The summed E-state index contributed by atoms with van der Waals surface area (Å²) in [7, 11) is -18.9. The number of likely N-dealkylation sites (N-methyl/N-ethyl adjacent to an activating group) is 4. The number of nitrogens with one attached hydrogen (secondary N) is 5. The highest BCUT2D eigenvalue weighted by Crippen LogP contribution is 2.40. The molecule has 10 aliphatic heterocycles. The second-order valence-electron chi connectivity index (χ2n) is 35.6. The average molecular weight is 1930 g/mol. The van der Waals surface area contributed by atoms with E-state index in [0.717, 1.165) is 86.5 Å². The number of rotatable bonds is 40. The minimum absolute atomic E-state index is 0.0111. The Morgan fingerprint density at radius 2 is 0.469 bits per heavy atom. The summed E-state index contributed by atoms with van der Waals surface area (Å²) in [6.07, 6.45) is 9.82. The van der Waals surface area contributed by atoms with E-state index < -0.39 is 174 Å². The fraction of sp³-hybridized carbons (Fsp3) is 0.926. The first-order chi connectivity index (χ1) is 59.4. The van der Waals surface area contributed by atoms with Crippen molar-refractivity contribution in [1.29, 1.82) is 0 Å². The Morgan fingerprint density at radius 1 is 0.297 bits per heavy atom. The molecule has 0 saturated carbocycles. The van der Waals surface area contributed by atoms with Gasteiger partial charge in [0.2, 0.25) is 0 Å². The van der Waals surface area contributed by atoms with E-state index in [2.05, 4.69) is 26.6 Å². The van der Waals surface area contributed by atoms with Crippen molar-refractivity contribution in [2.24, 2.45) is 58.3 Å². The fourth-order valence-corrected chi connectivity index (χ4v) is 26.6. The quantitative estimate of drug-likeness (QED) is 0.0253. The topological polar surface area (TPSA) is 782 Å². The monoisotopic (exact) mass is 1930 g/mol. The van der Waals surface area contributed by atoms with Crippen LogP contribution in [-0.4, -0.2) is 450 Å². The lowest BCUT2D eigenvalue weighted by atomic mass is 9.78. The van der Waals surface area contributed by atoms with E-state index in [9.17, 15) is 91.6 Å². The molecule has 0 spiro atoms. The Bertz CT molecular complexity index is 3820. The molecule has 10 saturated heterocycles. The molecule has 50 nitrogen and oxygen atoms in total. The van der Waals surface area contributed by atoms with Crippen molar-refractivity contribution < 1.29 is 142 Å². The molecule has 10 fully saturated rings. The maximum atomic E-state index is 13.0. The van der Waals surface area contributed by atoms with Gasteiger partial charge in [0.05, 0.1) is 0 Å². The molecule has 10 rings (SSSR count). The van der Waals surface area contributed by atoms with Crippen LogP contribution in [0.2, 0.25) is 31.6 Å². The predicted molar refractivity (Wildman–Crippen MR) is 473 cm³/mol. The number of aliphatic carboxylic acids is 5. The third kappa shape index (κ3) is 28.9. The van der Waals surface area contributed by atoms with E-state index in [4.69, 9.17) is 78.9 Å². The molecule has 0 radical (unpaired) electrons. The van der Waals surface area contributed by atoms with E-state index >= 15 is 0 Å². The summed E-state index contributed by atoms with van der Waals surface area (Å²) < 4.78 is 141. The van der Waals surface area contributed by atoms with Crippen LogP contribution in [-0.2, 0) is 75.0 Å². The molecule has 10 heterocycles.